The van der Waals surface area contributed by atoms with Crippen molar-refractivity contribution in [1.29, 1.82) is 0 Å². The monoisotopic (exact) mass is 298 g/mol. The van der Waals surface area contributed by atoms with Gasteiger partial charge in [0.05, 0.1) is 4.90 Å². The molecule has 0 fully saturated rings. The van der Waals surface area contributed by atoms with Crippen molar-refractivity contribution in [3.05, 3.63) is 29.8 Å². The summed E-state index contributed by atoms with van der Waals surface area (Å²) < 4.78 is 27.1. The first kappa shape index (κ1) is 17.1. The predicted molar refractivity (Wildman–Crippen MR) is 83.1 cm³/mol. The van der Waals surface area contributed by atoms with E-state index in [1.54, 1.807) is 16.4 Å². The Labute approximate surface area is 123 Å². The summed E-state index contributed by atoms with van der Waals surface area (Å²) in [5.74, 6) is 0.311. The van der Waals surface area contributed by atoms with Crippen LogP contribution in [-0.4, -0.2) is 32.4 Å². The molecule has 0 aromatic heterocycles. The molecule has 20 heavy (non-hydrogen) atoms. The Morgan fingerprint density at radius 2 is 1.85 bits per heavy atom. The van der Waals surface area contributed by atoms with Crippen LogP contribution < -0.4 is 5.32 Å². The Hall–Kier alpha value is -0.910. The summed E-state index contributed by atoms with van der Waals surface area (Å²) in [5, 5.41) is 3.19. The molecule has 0 amide bonds. The number of hydrogen-bond donors (Lipinski definition) is 1. The average Bonchev–Trinajstić information content (AvgIpc) is 2.42. The van der Waals surface area contributed by atoms with Gasteiger partial charge in [-0.1, -0.05) is 45.9 Å². The lowest BCUT2D eigenvalue weighted by Crippen LogP contribution is -2.34. The van der Waals surface area contributed by atoms with E-state index in [2.05, 4.69) is 5.32 Å². The van der Waals surface area contributed by atoms with Gasteiger partial charge in [0.25, 0.3) is 0 Å². The second-order valence-electron chi connectivity index (χ2n) is 5.24. The van der Waals surface area contributed by atoms with Gasteiger partial charge in [-0.3, -0.25) is 0 Å². The first-order valence-corrected chi connectivity index (χ1v) is 8.66. The summed E-state index contributed by atoms with van der Waals surface area (Å²) >= 11 is 0. The molecule has 1 N–H and O–H groups in total. The van der Waals surface area contributed by atoms with Crippen molar-refractivity contribution in [2.24, 2.45) is 5.92 Å². The van der Waals surface area contributed by atoms with Gasteiger partial charge >= 0.3 is 0 Å². The highest BCUT2D eigenvalue weighted by molar-refractivity contribution is 7.89. The van der Waals surface area contributed by atoms with Crippen LogP contribution in [0.5, 0.6) is 0 Å². The van der Waals surface area contributed by atoms with Crippen LogP contribution in [-0.2, 0) is 16.6 Å². The fourth-order valence-corrected chi connectivity index (χ4v) is 3.94. The van der Waals surface area contributed by atoms with E-state index in [4.69, 9.17) is 0 Å². The number of nitrogens with one attached hydrogen (secondary N) is 1. The highest BCUT2D eigenvalue weighted by Crippen LogP contribution is 2.21. The first-order chi connectivity index (χ1) is 9.43. The predicted octanol–water partition coefficient (Wildman–Crippen LogP) is 2.46. The SMILES string of the molecule is CCNCc1ccccc1S(=O)(=O)N(CC)CC(C)C. The lowest BCUT2D eigenvalue weighted by atomic mass is 10.2. The highest BCUT2D eigenvalue weighted by Gasteiger charge is 2.25. The molecule has 0 spiro atoms. The largest absolute Gasteiger partial charge is 0.313 e. The van der Waals surface area contributed by atoms with Crippen molar-refractivity contribution < 1.29 is 8.42 Å². The van der Waals surface area contributed by atoms with Crippen molar-refractivity contribution >= 4 is 10.0 Å². The van der Waals surface area contributed by atoms with Gasteiger partial charge in [0.2, 0.25) is 10.0 Å². The van der Waals surface area contributed by atoms with E-state index in [1.165, 1.54) is 0 Å². The van der Waals surface area contributed by atoms with E-state index in [1.807, 2.05) is 39.8 Å². The van der Waals surface area contributed by atoms with Gasteiger partial charge in [0.15, 0.2) is 0 Å². The van der Waals surface area contributed by atoms with Crippen molar-refractivity contribution in [2.75, 3.05) is 19.6 Å². The molecule has 4 nitrogen and oxygen atoms in total. The average molecular weight is 298 g/mol. The summed E-state index contributed by atoms with van der Waals surface area (Å²) in [7, 11) is -3.41. The van der Waals surface area contributed by atoms with Gasteiger partial charge < -0.3 is 5.32 Å². The van der Waals surface area contributed by atoms with Crippen LogP contribution in [0.1, 0.15) is 33.3 Å². The van der Waals surface area contributed by atoms with Gasteiger partial charge in [-0.25, -0.2) is 8.42 Å². The van der Waals surface area contributed by atoms with E-state index in [0.29, 0.717) is 30.4 Å². The molecule has 0 bridgehead atoms. The molecular weight excluding hydrogens is 272 g/mol. The van der Waals surface area contributed by atoms with E-state index in [9.17, 15) is 8.42 Å². The Morgan fingerprint density at radius 3 is 2.40 bits per heavy atom. The molecule has 1 aromatic carbocycles. The van der Waals surface area contributed by atoms with E-state index in [0.717, 1.165) is 12.1 Å². The molecule has 5 heteroatoms. The van der Waals surface area contributed by atoms with E-state index < -0.39 is 10.0 Å². The van der Waals surface area contributed by atoms with Gasteiger partial charge in [0.1, 0.15) is 0 Å². The number of nitrogens with zero attached hydrogens (tertiary/aromatic N) is 1. The Balaban J connectivity index is 3.13. The maximum atomic E-state index is 12.8. The van der Waals surface area contributed by atoms with Crippen LogP contribution in [0.15, 0.2) is 29.2 Å². The van der Waals surface area contributed by atoms with Gasteiger partial charge in [-0.05, 0) is 24.1 Å². The number of sulfonamides is 1. The van der Waals surface area contributed by atoms with Crippen LogP contribution in [0.2, 0.25) is 0 Å². The van der Waals surface area contributed by atoms with E-state index in [-0.39, 0.29) is 0 Å². The summed E-state index contributed by atoms with van der Waals surface area (Å²) in [6.07, 6.45) is 0. The minimum Gasteiger partial charge on any atom is -0.313 e. The maximum Gasteiger partial charge on any atom is 0.243 e. The first-order valence-electron chi connectivity index (χ1n) is 7.22. The number of hydrogen-bond acceptors (Lipinski definition) is 3. The Morgan fingerprint density at radius 1 is 1.20 bits per heavy atom. The zero-order valence-corrected chi connectivity index (χ0v) is 13.7. The van der Waals surface area contributed by atoms with Gasteiger partial charge in [-0.15, -0.1) is 0 Å². The molecule has 0 saturated carbocycles. The van der Waals surface area contributed by atoms with Crippen LogP contribution in [0, 0.1) is 5.92 Å². The van der Waals surface area contributed by atoms with Gasteiger partial charge in [0, 0.05) is 19.6 Å². The zero-order chi connectivity index (χ0) is 15.2. The molecular formula is C15H26N2O2S. The zero-order valence-electron chi connectivity index (χ0n) is 12.9. The minimum atomic E-state index is -3.41. The minimum absolute atomic E-state index is 0.311. The van der Waals surface area contributed by atoms with Crippen LogP contribution in [0.3, 0.4) is 0 Å². The topological polar surface area (TPSA) is 49.4 Å². The fraction of sp³-hybridized carbons (Fsp3) is 0.600. The standard InChI is InChI=1S/C15H26N2O2S/c1-5-16-11-14-9-7-8-10-15(14)20(18,19)17(6-2)12-13(3)4/h7-10,13,16H,5-6,11-12H2,1-4H3. The summed E-state index contributed by atoms with van der Waals surface area (Å²) in [6.45, 7) is 10.4. The molecule has 1 rings (SSSR count). The van der Waals surface area contributed by atoms with Gasteiger partial charge in [-0.2, -0.15) is 4.31 Å². The second kappa shape index (κ2) is 7.76. The molecule has 0 heterocycles. The van der Waals surface area contributed by atoms with Crippen LogP contribution >= 0.6 is 0 Å². The third kappa shape index (κ3) is 4.30. The van der Waals surface area contributed by atoms with E-state index >= 15 is 0 Å². The molecule has 0 aliphatic rings. The quantitative estimate of drug-likeness (QED) is 0.802. The molecule has 0 saturated heterocycles. The molecule has 0 radical (unpaired) electrons. The van der Waals surface area contributed by atoms with Crippen molar-refractivity contribution in [3.8, 4) is 0 Å². The second-order valence-corrected chi connectivity index (χ2v) is 7.14. The smallest absolute Gasteiger partial charge is 0.243 e. The fourth-order valence-electron chi connectivity index (χ4n) is 2.10. The van der Waals surface area contributed by atoms with Crippen molar-refractivity contribution in [1.82, 2.24) is 9.62 Å². The molecule has 0 unspecified atom stereocenters. The lowest BCUT2D eigenvalue weighted by molar-refractivity contribution is 0.380. The summed E-state index contributed by atoms with van der Waals surface area (Å²) in [5.41, 5.74) is 0.830. The number of rotatable bonds is 8. The summed E-state index contributed by atoms with van der Waals surface area (Å²) in [4.78, 5) is 0.420. The lowest BCUT2D eigenvalue weighted by Gasteiger charge is -2.23. The van der Waals surface area contributed by atoms with Crippen LogP contribution in [0.4, 0.5) is 0 Å². The van der Waals surface area contributed by atoms with Crippen molar-refractivity contribution in [2.45, 2.75) is 39.1 Å². The van der Waals surface area contributed by atoms with Crippen LogP contribution in [0.25, 0.3) is 0 Å². The highest BCUT2D eigenvalue weighted by atomic mass is 32.2. The molecule has 0 aliphatic carbocycles. The summed E-state index contributed by atoms with van der Waals surface area (Å²) in [6, 6.07) is 7.24. The molecule has 114 valence electrons. The normalized spacial score (nSPS) is 12.3. The third-order valence-corrected chi connectivity index (χ3v) is 5.12. The Bertz CT molecular complexity index is 512. The molecule has 0 aliphatic heterocycles. The molecule has 1 aromatic rings. The number of benzene rings is 1. The Kier molecular flexibility index (Phi) is 6.65. The molecule has 0 atom stereocenters. The van der Waals surface area contributed by atoms with Crippen molar-refractivity contribution in [3.63, 3.8) is 0 Å². The maximum absolute atomic E-state index is 12.8. The third-order valence-electron chi connectivity index (χ3n) is 3.08.